The quantitative estimate of drug-likeness (QED) is 0.463. The minimum absolute atomic E-state index is 0.0134. The number of primary amides is 1. The van der Waals surface area contributed by atoms with E-state index in [1.54, 1.807) is 5.38 Å². The topological polar surface area (TPSA) is 83.7 Å². The molecule has 0 saturated carbocycles. The van der Waals surface area contributed by atoms with Crippen LogP contribution in [0.15, 0.2) is 5.38 Å². The highest BCUT2D eigenvalue weighted by Crippen LogP contribution is 2.60. The maximum absolute atomic E-state index is 11.7. The normalized spacial score (nSPS) is 28.6. The molecule has 188 valence electrons. The Labute approximate surface area is 210 Å². The molecule has 3 heterocycles. The van der Waals surface area contributed by atoms with Crippen LogP contribution in [0.5, 0.6) is 0 Å². The van der Waals surface area contributed by atoms with Crippen molar-refractivity contribution in [1.82, 2.24) is 4.98 Å². The summed E-state index contributed by atoms with van der Waals surface area (Å²) in [6, 6.07) is 0. The molecule has 1 aromatic rings. The van der Waals surface area contributed by atoms with Gasteiger partial charge in [0.15, 0.2) is 8.32 Å². The fraction of sp³-hybridized carbons (Fsp3) is 0.826. The molecule has 0 radical (unpaired) electrons. The van der Waals surface area contributed by atoms with Crippen LogP contribution < -0.4 is 5.73 Å². The van der Waals surface area contributed by atoms with Crippen molar-refractivity contribution in [3.63, 3.8) is 0 Å². The predicted octanol–water partition coefficient (Wildman–Crippen LogP) is 6.25. The zero-order valence-electron chi connectivity index (χ0n) is 22.1. The van der Waals surface area contributed by atoms with Gasteiger partial charge in [-0.3, -0.25) is 4.79 Å². The van der Waals surface area contributed by atoms with Crippen LogP contribution in [0.1, 0.15) is 83.1 Å². The highest BCUT2D eigenvalue weighted by molar-refractivity contribution is 8.00. The van der Waals surface area contributed by atoms with E-state index in [-0.39, 0.29) is 37.8 Å². The molecular weight excluding hydrogens is 489 g/mol. The fourth-order valence-corrected chi connectivity index (χ4v) is 13.9. The molecule has 4 atom stereocenters. The summed E-state index contributed by atoms with van der Waals surface area (Å²) in [5.74, 6) is -0.494. The highest BCUT2D eigenvalue weighted by Gasteiger charge is 2.65. The van der Waals surface area contributed by atoms with Crippen LogP contribution in [0.3, 0.4) is 0 Å². The molecule has 1 amide bonds. The second-order valence-corrected chi connectivity index (χ2v) is 24.7. The number of hydrogen-bond acceptors (Lipinski definition) is 7. The van der Waals surface area contributed by atoms with E-state index in [0.29, 0.717) is 12.3 Å². The molecule has 1 aromatic heterocycles. The summed E-state index contributed by atoms with van der Waals surface area (Å²) < 4.78 is 21.0. The number of aromatic nitrogens is 1. The van der Waals surface area contributed by atoms with E-state index in [2.05, 4.69) is 80.4 Å². The standard InChI is InChI=1S/C23H42N2O4S2Si2/c1-21(2,3)32(10,11)28-17-16-15(31-18(17)20-25-14(13-30-20)19(24)26)12-27-33(29-16,22(4,5)6)23(7,8)9/h13,15-18H,12H2,1-11H3,(H2,24,26)/t15-,16-,17-,18-/m1/s1. The molecule has 0 unspecified atom stereocenters. The van der Waals surface area contributed by atoms with E-state index in [9.17, 15) is 4.79 Å². The summed E-state index contributed by atoms with van der Waals surface area (Å²) in [4.78, 5) is 16.3. The third kappa shape index (κ3) is 4.90. The third-order valence-electron chi connectivity index (χ3n) is 7.29. The molecule has 2 aliphatic heterocycles. The largest absolute Gasteiger partial charge is 0.410 e. The van der Waals surface area contributed by atoms with Gasteiger partial charge in [-0.1, -0.05) is 62.3 Å². The first-order chi connectivity index (χ1) is 14.8. The van der Waals surface area contributed by atoms with Gasteiger partial charge in [0.05, 0.1) is 29.3 Å². The van der Waals surface area contributed by atoms with Crippen LogP contribution in [-0.4, -0.2) is 51.8 Å². The Morgan fingerprint density at radius 1 is 1.15 bits per heavy atom. The van der Waals surface area contributed by atoms with Crippen molar-refractivity contribution in [3.8, 4) is 0 Å². The number of hydrogen-bond donors (Lipinski definition) is 1. The Bertz CT molecular complexity index is 872. The summed E-state index contributed by atoms with van der Waals surface area (Å²) in [7, 11) is -4.75. The summed E-state index contributed by atoms with van der Waals surface area (Å²) >= 11 is 3.31. The zero-order valence-corrected chi connectivity index (χ0v) is 25.7. The number of carbonyl (C=O) groups excluding carboxylic acids is 1. The lowest BCUT2D eigenvalue weighted by molar-refractivity contribution is -0.0281. The van der Waals surface area contributed by atoms with Crippen molar-refractivity contribution in [2.24, 2.45) is 5.73 Å². The van der Waals surface area contributed by atoms with E-state index in [4.69, 9.17) is 19.0 Å². The van der Waals surface area contributed by atoms with E-state index in [1.807, 2.05) is 11.8 Å². The lowest BCUT2D eigenvalue weighted by atomic mass is 10.1. The van der Waals surface area contributed by atoms with Gasteiger partial charge in [0.1, 0.15) is 10.7 Å². The molecule has 0 aliphatic carbocycles. The lowest BCUT2D eigenvalue weighted by Crippen LogP contribution is -2.65. The zero-order chi connectivity index (χ0) is 25.2. The predicted molar refractivity (Wildman–Crippen MR) is 143 cm³/mol. The maximum atomic E-state index is 11.7. The van der Waals surface area contributed by atoms with Gasteiger partial charge in [0.2, 0.25) is 0 Å². The summed E-state index contributed by atoms with van der Waals surface area (Å²) in [6.45, 7) is 25.5. The van der Waals surface area contributed by atoms with E-state index >= 15 is 0 Å². The summed E-state index contributed by atoms with van der Waals surface area (Å²) in [5, 5.41) is 2.66. The molecule has 2 aliphatic rings. The highest BCUT2D eigenvalue weighted by atomic mass is 32.2. The minimum Gasteiger partial charge on any atom is -0.410 e. The monoisotopic (exact) mass is 530 g/mol. The molecule has 2 saturated heterocycles. The first-order valence-corrected chi connectivity index (χ1v) is 18.3. The smallest absolute Gasteiger partial charge is 0.349 e. The van der Waals surface area contributed by atoms with Crippen LogP contribution in [0, 0.1) is 0 Å². The van der Waals surface area contributed by atoms with Crippen molar-refractivity contribution in [3.05, 3.63) is 16.1 Å². The number of nitrogens with zero attached hydrogens (tertiary/aromatic N) is 1. The van der Waals surface area contributed by atoms with Gasteiger partial charge in [-0.2, -0.15) is 0 Å². The van der Waals surface area contributed by atoms with Crippen molar-refractivity contribution in [1.29, 1.82) is 0 Å². The third-order valence-corrected chi connectivity index (χ3v) is 19.5. The van der Waals surface area contributed by atoms with E-state index in [1.165, 1.54) is 11.3 Å². The Morgan fingerprint density at radius 3 is 2.18 bits per heavy atom. The van der Waals surface area contributed by atoms with Crippen molar-refractivity contribution < 1.29 is 18.1 Å². The Hall–Kier alpha value is -0.236. The Kier molecular flexibility index (Phi) is 7.22. The molecule has 10 heteroatoms. The molecule has 2 N–H and O–H groups in total. The van der Waals surface area contributed by atoms with Gasteiger partial charge in [-0.25, -0.2) is 4.98 Å². The lowest BCUT2D eigenvalue weighted by Gasteiger charge is -2.54. The SMILES string of the molecule is CC(C)(C)[Si](C)(C)O[C@@H]1[C@@H]2O[Si](C(C)(C)C)(C(C)(C)C)OC[C@H]2S[C@H]1c1nc(C(N)=O)cs1. The molecule has 6 nitrogen and oxygen atoms in total. The Balaban J connectivity index is 2.05. The van der Waals surface area contributed by atoms with Crippen LogP contribution in [0.2, 0.25) is 28.2 Å². The number of nitrogens with two attached hydrogens (primary N) is 1. The second kappa shape index (κ2) is 8.71. The number of thiazole rings is 1. The van der Waals surface area contributed by atoms with Crippen molar-refractivity contribution in [2.45, 2.75) is 113 Å². The van der Waals surface area contributed by atoms with Crippen LogP contribution in [-0.2, 0) is 13.3 Å². The number of fused-ring (bicyclic) bond motifs is 1. The Morgan fingerprint density at radius 2 is 1.73 bits per heavy atom. The minimum atomic E-state index is -2.65. The molecular formula is C23H42N2O4S2Si2. The van der Waals surface area contributed by atoms with Gasteiger partial charge in [0, 0.05) is 15.5 Å². The average molecular weight is 531 g/mol. The molecule has 0 spiro atoms. The van der Waals surface area contributed by atoms with Crippen molar-refractivity contribution in [2.75, 3.05) is 6.61 Å². The van der Waals surface area contributed by atoms with Crippen LogP contribution in [0.25, 0.3) is 0 Å². The van der Waals surface area contributed by atoms with E-state index < -0.39 is 22.8 Å². The van der Waals surface area contributed by atoms with Gasteiger partial charge < -0.3 is 19.0 Å². The van der Waals surface area contributed by atoms with E-state index in [0.717, 1.165) is 5.01 Å². The second-order valence-electron chi connectivity index (χ2n) is 12.9. The fourth-order valence-electron chi connectivity index (χ4n) is 4.72. The van der Waals surface area contributed by atoms with Gasteiger partial charge >= 0.3 is 8.56 Å². The number of rotatable bonds is 4. The first-order valence-electron chi connectivity index (χ1n) is 11.7. The molecule has 0 bridgehead atoms. The van der Waals surface area contributed by atoms with Gasteiger partial charge in [0.25, 0.3) is 5.91 Å². The molecule has 33 heavy (non-hydrogen) atoms. The first kappa shape index (κ1) is 27.4. The maximum Gasteiger partial charge on any atom is 0.349 e. The van der Waals surface area contributed by atoms with Gasteiger partial charge in [-0.15, -0.1) is 23.1 Å². The number of amides is 1. The molecule has 3 rings (SSSR count). The van der Waals surface area contributed by atoms with Crippen molar-refractivity contribution >= 4 is 45.9 Å². The number of carbonyl (C=O) groups is 1. The molecule has 0 aromatic carbocycles. The summed E-state index contributed by atoms with van der Waals surface area (Å²) in [6.07, 6.45) is -0.220. The number of thioether (sulfide) groups is 1. The summed E-state index contributed by atoms with van der Waals surface area (Å²) in [5.41, 5.74) is 5.82. The van der Waals surface area contributed by atoms with Gasteiger partial charge in [-0.05, 0) is 18.1 Å². The van der Waals surface area contributed by atoms with Crippen LogP contribution in [0.4, 0.5) is 0 Å². The average Bonchev–Trinajstić information content (AvgIpc) is 3.23. The molecule has 2 fully saturated rings. The van der Waals surface area contributed by atoms with Crippen LogP contribution >= 0.6 is 23.1 Å².